The molecule has 31 heavy (non-hydrogen) atoms. The fraction of sp³-hybridized carbons (Fsp3) is 0.517. The molecule has 2 aromatic carbocycles. The van der Waals surface area contributed by atoms with E-state index in [4.69, 9.17) is 0 Å². The highest BCUT2D eigenvalue weighted by Crippen LogP contribution is 2.43. The van der Waals surface area contributed by atoms with Gasteiger partial charge in [-0.05, 0) is 59.8 Å². The summed E-state index contributed by atoms with van der Waals surface area (Å²) in [6.45, 7) is 23.0. The number of nitrogens with zero attached hydrogens (tertiary/aromatic N) is 2. The fourth-order valence-corrected chi connectivity index (χ4v) is 4.87. The zero-order valence-electron chi connectivity index (χ0n) is 21.3. The lowest BCUT2D eigenvalue weighted by molar-refractivity contribution is 0.712. The van der Waals surface area contributed by atoms with Crippen molar-refractivity contribution in [1.29, 1.82) is 0 Å². The summed E-state index contributed by atoms with van der Waals surface area (Å²) in [5.74, 6) is 1.94. The van der Waals surface area contributed by atoms with Gasteiger partial charge in [-0.3, -0.25) is 0 Å². The average Bonchev–Trinajstić information content (AvgIpc) is 3.07. The van der Waals surface area contributed by atoms with Crippen molar-refractivity contribution in [2.45, 2.75) is 99.1 Å². The average molecular weight is 419 g/mol. The summed E-state index contributed by atoms with van der Waals surface area (Å²) >= 11 is 0. The Morgan fingerprint density at radius 1 is 0.613 bits per heavy atom. The first kappa shape index (κ1) is 23.4. The van der Waals surface area contributed by atoms with Crippen LogP contribution in [0.5, 0.6) is 0 Å². The maximum Gasteiger partial charge on any atom is 0.107 e. The first-order chi connectivity index (χ1) is 14.5. The summed E-state index contributed by atoms with van der Waals surface area (Å²) in [5.41, 5.74) is 9.91. The third-order valence-electron chi connectivity index (χ3n) is 6.61. The molecule has 2 nitrogen and oxygen atoms in total. The molecule has 1 aliphatic rings. The minimum absolute atomic E-state index is 0.232. The largest absolute Gasteiger partial charge is 0.325 e. The fourth-order valence-electron chi connectivity index (χ4n) is 4.87. The predicted molar refractivity (Wildman–Crippen MR) is 138 cm³/mol. The van der Waals surface area contributed by atoms with Crippen LogP contribution in [-0.4, -0.2) is 6.17 Å². The molecule has 0 aromatic heterocycles. The van der Waals surface area contributed by atoms with Crippen molar-refractivity contribution < 1.29 is 0 Å². The molecule has 0 bridgehead atoms. The van der Waals surface area contributed by atoms with Crippen molar-refractivity contribution in [3.05, 3.63) is 70.5 Å². The van der Waals surface area contributed by atoms with Gasteiger partial charge in [-0.15, -0.1) is 0 Å². The molecule has 168 valence electrons. The number of anilines is 2. The molecule has 2 heteroatoms. The molecule has 1 heterocycles. The maximum atomic E-state index is 2.51. The number of rotatable bonds is 6. The second-order valence-corrected chi connectivity index (χ2v) is 10.4. The van der Waals surface area contributed by atoms with E-state index in [1.807, 2.05) is 0 Å². The number of benzene rings is 2. The normalized spacial score (nSPS) is 16.6. The molecule has 0 saturated carbocycles. The van der Waals surface area contributed by atoms with Crippen molar-refractivity contribution in [2.75, 3.05) is 9.80 Å². The van der Waals surface area contributed by atoms with E-state index < -0.39 is 0 Å². The summed E-state index contributed by atoms with van der Waals surface area (Å²) in [5, 5.41) is 0. The Bertz CT molecular complexity index is 894. The second kappa shape index (κ2) is 9.10. The first-order valence-corrected chi connectivity index (χ1v) is 12.1. The standard InChI is InChI=1S/C29H42N2/c1-18(2)24-12-11-13-25(19(3)4)28(24)30-14-15-31(23(30)10)29-26(20(5)6)16-22(9)17-27(29)21(7)8/h11-21,23H,1-10H3. The summed E-state index contributed by atoms with van der Waals surface area (Å²) in [7, 11) is 0. The van der Waals surface area contributed by atoms with E-state index in [0.717, 1.165) is 0 Å². The van der Waals surface area contributed by atoms with Gasteiger partial charge in [0.15, 0.2) is 0 Å². The molecule has 1 unspecified atom stereocenters. The van der Waals surface area contributed by atoms with Gasteiger partial charge >= 0.3 is 0 Å². The van der Waals surface area contributed by atoms with E-state index in [2.05, 4.69) is 122 Å². The van der Waals surface area contributed by atoms with Crippen molar-refractivity contribution in [1.82, 2.24) is 0 Å². The molecule has 1 aliphatic heterocycles. The highest BCUT2D eigenvalue weighted by molar-refractivity contribution is 5.72. The molecule has 3 rings (SSSR count). The van der Waals surface area contributed by atoms with Gasteiger partial charge in [-0.2, -0.15) is 0 Å². The van der Waals surface area contributed by atoms with Gasteiger partial charge in [-0.1, -0.05) is 91.3 Å². The Labute approximate surface area is 191 Å². The Hall–Kier alpha value is -2.22. The monoisotopic (exact) mass is 418 g/mol. The van der Waals surface area contributed by atoms with Gasteiger partial charge in [0.05, 0.1) is 0 Å². The minimum Gasteiger partial charge on any atom is -0.325 e. The molecule has 0 saturated heterocycles. The Kier molecular flexibility index (Phi) is 6.88. The van der Waals surface area contributed by atoms with Crippen molar-refractivity contribution in [2.24, 2.45) is 0 Å². The highest BCUT2D eigenvalue weighted by Gasteiger charge is 2.32. The van der Waals surface area contributed by atoms with Crippen LogP contribution >= 0.6 is 0 Å². The van der Waals surface area contributed by atoms with Gasteiger partial charge in [0.1, 0.15) is 6.17 Å². The summed E-state index contributed by atoms with van der Waals surface area (Å²) in [6, 6.07) is 11.6. The SMILES string of the molecule is Cc1cc(C(C)C)c(N2C=CN(c3c(C(C)C)cccc3C(C)C)C2C)c(C(C)C)c1. The van der Waals surface area contributed by atoms with Crippen LogP contribution in [0.2, 0.25) is 0 Å². The quantitative estimate of drug-likeness (QED) is 0.463. The van der Waals surface area contributed by atoms with Crippen LogP contribution in [0, 0.1) is 6.92 Å². The second-order valence-electron chi connectivity index (χ2n) is 10.4. The molecule has 0 spiro atoms. The number of aryl methyl sites for hydroxylation is 1. The van der Waals surface area contributed by atoms with Crippen LogP contribution in [0.1, 0.15) is 114 Å². The topological polar surface area (TPSA) is 6.48 Å². The van der Waals surface area contributed by atoms with E-state index in [1.165, 1.54) is 39.2 Å². The molecule has 0 N–H and O–H groups in total. The van der Waals surface area contributed by atoms with Crippen LogP contribution in [0.15, 0.2) is 42.7 Å². The molecule has 0 radical (unpaired) electrons. The molecular formula is C29H42N2. The van der Waals surface area contributed by atoms with Gasteiger partial charge < -0.3 is 9.80 Å². The highest BCUT2D eigenvalue weighted by atomic mass is 15.4. The minimum atomic E-state index is 0.232. The van der Waals surface area contributed by atoms with Crippen LogP contribution in [-0.2, 0) is 0 Å². The Morgan fingerprint density at radius 2 is 0.968 bits per heavy atom. The predicted octanol–water partition coefficient (Wildman–Crippen LogP) is 8.63. The van der Waals surface area contributed by atoms with Crippen molar-refractivity contribution in [3.63, 3.8) is 0 Å². The van der Waals surface area contributed by atoms with E-state index in [9.17, 15) is 0 Å². The third-order valence-corrected chi connectivity index (χ3v) is 6.61. The van der Waals surface area contributed by atoms with Crippen LogP contribution in [0.3, 0.4) is 0 Å². The molecule has 2 aromatic rings. The summed E-state index contributed by atoms with van der Waals surface area (Å²) in [6.07, 6.45) is 4.83. The lowest BCUT2D eigenvalue weighted by atomic mass is 9.89. The van der Waals surface area contributed by atoms with Crippen molar-refractivity contribution >= 4 is 11.4 Å². The van der Waals surface area contributed by atoms with E-state index in [1.54, 1.807) is 0 Å². The van der Waals surface area contributed by atoms with Crippen molar-refractivity contribution in [3.8, 4) is 0 Å². The molecule has 0 fully saturated rings. The molecule has 0 aliphatic carbocycles. The zero-order valence-corrected chi connectivity index (χ0v) is 21.3. The summed E-state index contributed by atoms with van der Waals surface area (Å²) in [4.78, 5) is 5.00. The maximum absolute atomic E-state index is 2.51. The van der Waals surface area contributed by atoms with Crippen LogP contribution in [0.25, 0.3) is 0 Å². The molecule has 0 amide bonds. The lowest BCUT2D eigenvalue weighted by Crippen LogP contribution is -2.38. The number of para-hydroxylation sites is 1. The van der Waals surface area contributed by atoms with Gasteiger partial charge in [0.25, 0.3) is 0 Å². The van der Waals surface area contributed by atoms with E-state index in [-0.39, 0.29) is 6.17 Å². The van der Waals surface area contributed by atoms with Crippen LogP contribution < -0.4 is 9.80 Å². The molecule has 1 atom stereocenters. The third kappa shape index (κ3) is 4.40. The van der Waals surface area contributed by atoms with E-state index in [0.29, 0.717) is 23.7 Å². The lowest BCUT2D eigenvalue weighted by Gasteiger charge is -2.36. The van der Waals surface area contributed by atoms with Gasteiger partial charge in [0, 0.05) is 23.8 Å². The molecular weight excluding hydrogens is 376 g/mol. The van der Waals surface area contributed by atoms with Gasteiger partial charge in [-0.25, -0.2) is 0 Å². The van der Waals surface area contributed by atoms with Gasteiger partial charge in [0.2, 0.25) is 0 Å². The summed E-state index contributed by atoms with van der Waals surface area (Å²) < 4.78 is 0. The Balaban J connectivity index is 2.15. The number of hydrogen-bond acceptors (Lipinski definition) is 2. The smallest absolute Gasteiger partial charge is 0.107 e. The Morgan fingerprint density at radius 3 is 1.32 bits per heavy atom. The first-order valence-electron chi connectivity index (χ1n) is 12.1. The van der Waals surface area contributed by atoms with Crippen LogP contribution in [0.4, 0.5) is 11.4 Å². The van der Waals surface area contributed by atoms with E-state index >= 15 is 0 Å². The zero-order chi connectivity index (χ0) is 23.0. The number of hydrogen-bond donors (Lipinski definition) is 0.